The highest BCUT2D eigenvalue weighted by Crippen LogP contribution is 2.27. The van der Waals surface area contributed by atoms with Crippen molar-refractivity contribution in [3.8, 4) is 0 Å². The number of halogens is 1. The Morgan fingerprint density at radius 2 is 2.58 bits per heavy atom. The van der Waals surface area contributed by atoms with Gasteiger partial charge in [0.2, 0.25) is 0 Å². The zero-order valence-electron chi connectivity index (χ0n) is 6.45. The average molecular weight is 193 g/mol. The minimum atomic E-state index is -1.13. The number of hydrogen-bond acceptors (Lipinski definition) is 4. The molecule has 0 saturated carbocycles. The minimum absolute atomic E-state index is 0.238. The molecule has 0 radical (unpaired) electrons. The predicted molar refractivity (Wildman–Crippen MR) is 43.0 cm³/mol. The molecule has 1 aliphatic rings. The summed E-state index contributed by atoms with van der Waals surface area (Å²) in [6.07, 6.45) is 0.238. The maximum absolute atomic E-state index is 10.5. The Balaban J connectivity index is 2.70. The highest BCUT2D eigenvalue weighted by atomic mass is 35.5. The van der Waals surface area contributed by atoms with Crippen molar-refractivity contribution in [2.75, 3.05) is 0 Å². The SMILES string of the molecule is CC1(C(N)C(=O)O)CC(Cl)=NO1. The monoisotopic (exact) mass is 192 g/mol. The van der Waals surface area contributed by atoms with Gasteiger partial charge in [0.15, 0.2) is 5.60 Å². The van der Waals surface area contributed by atoms with Crippen LogP contribution in [-0.2, 0) is 9.63 Å². The quantitative estimate of drug-likeness (QED) is 0.651. The van der Waals surface area contributed by atoms with Gasteiger partial charge in [-0.05, 0) is 6.92 Å². The van der Waals surface area contributed by atoms with Crippen LogP contribution in [0.25, 0.3) is 0 Å². The van der Waals surface area contributed by atoms with Gasteiger partial charge in [-0.25, -0.2) is 0 Å². The molecule has 2 atom stereocenters. The van der Waals surface area contributed by atoms with Crippen molar-refractivity contribution in [2.45, 2.75) is 25.0 Å². The van der Waals surface area contributed by atoms with E-state index in [4.69, 9.17) is 27.3 Å². The zero-order chi connectivity index (χ0) is 9.35. The van der Waals surface area contributed by atoms with Gasteiger partial charge in [0.25, 0.3) is 0 Å². The number of rotatable bonds is 2. The molecule has 0 saturated heterocycles. The van der Waals surface area contributed by atoms with Crippen LogP contribution in [0.2, 0.25) is 0 Å². The van der Waals surface area contributed by atoms with Crippen LogP contribution in [0.15, 0.2) is 5.16 Å². The first kappa shape index (κ1) is 9.28. The van der Waals surface area contributed by atoms with Crippen molar-refractivity contribution in [3.05, 3.63) is 0 Å². The van der Waals surface area contributed by atoms with Gasteiger partial charge in [0, 0.05) is 6.42 Å². The van der Waals surface area contributed by atoms with Crippen LogP contribution in [0, 0.1) is 0 Å². The van der Waals surface area contributed by atoms with E-state index in [1.165, 1.54) is 0 Å². The number of nitrogens with two attached hydrogens (primary N) is 1. The summed E-state index contributed by atoms with van der Waals surface area (Å²) in [5.41, 5.74) is 4.35. The molecule has 0 fully saturated rings. The zero-order valence-corrected chi connectivity index (χ0v) is 7.21. The van der Waals surface area contributed by atoms with Gasteiger partial charge < -0.3 is 15.7 Å². The summed E-state index contributed by atoms with van der Waals surface area (Å²) >= 11 is 5.52. The molecule has 0 amide bonds. The second kappa shape index (κ2) is 2.91. The summed E-state index contributed by atoms with van der Waals surface area (Å²) in [5, 5.41) is 12.3. The van der Waals surface area contributed by atoms with E-state index in [2.05, 4.69) is 5.16 Å². The second-order valence-electron chi connectivity index (χ2n) is 2.86. The standard InChI is InChI=1S/C6H9ClN2O3/c1-6(4(8)5(10)11)2-3(7)9-12-6/h4H,2,8H2,1H3,(H,10,11). The van der Waals surface area contributed by atoms with Gasteiger partial charge in [-0.2, -0.15) is 0 Å². The van der Waals surface area contributed by atoms with Gasteiger partial charge in [0.05, 0.1) is 0 Å². The number of carbonyl (C=O) groups is 1. The average Bonchev–Trinajstić information content (AvgIpc) is 2.31. The van der Waals surface area contributed by atoms with Crippen molar-refractivity contribution >= 4 is 22.7 Å². The maximum atomic E-state index is 10.5. The third-order valence-electron chi connectivity index (χ3n) is 1.77. The first-order chi connectivity index (χ1) is 5.46. The summed E-state index contributed by atoms with van der Waals surface area (Å²) in [6, 6.07) is -1.11. The lowest BCUT2D eigenvalue weighted by Gasteiger charge is -2.24. The second-order valence-corrected chi connectivity index (χ2v) is 3.30. The Bertz CT molecular complexity index is 243. The van der Waals surface area contributed by atoms with Crippen molar-refractivity contribution < 1.29 is 14.7 Å². The highest BCUT2D eigenvalue weighted by Gasteiger charge is 2.43. The number of oxime groups is 1. The van der Waals surface area contributed by atoms with Gasteiger partial charge in [-0.3, -0.25) is 4.79 Å². The van der Waals surface area contributed by atoms with Crippen LogP contribution < -0.4 is 5.73 Å². The highest BCUT2D eigenvalue weighted by molar-refractivity contribution is 6.65. The number of hydrogen-bond donors (Lipinski definition) is 2. The molecule has 0 bridgehead atoms. The van der Waals surface area contributed by atoms with Gasteiger partial charge >= 0.3 is 5.97 Å². The van der Waals surface area contributed by atoms with Crippen LogP contribution >= 0.6 is 11.6 Å². The molecule has 0 spiro atoms. The lowest BCUT2D eigenvalue weighted by molar-refractivity contribution is -0.146. The summed E-state index contributed by atoms with van der Waals surface area (Å²) < 4.78 is 0. The smallest absolute Gasteiger partial charge is 0.324 e. The molecule has 12 heavy (non-hydrogen) atoms. The number of nitrogens with zero attached hydrogens (tertiary/aromatic N) is 1. The summed E-state index contributed by atoms with van der Waals surface area (Å²) in [4.78, 5) is 15.3. The van der Waals surface area contributed by atoms with Crippen LogP contribution in [0.1, 0.15) is 13.3 Å². The van der Waals surface area contributed by atoms with E-state index in [-0.39, 0.29) is 11.6 Å². The molecule has 0 aromatic carbocycles. The number of aliphatic carboxylic acids is 1. The van der Waals surface area contributed by atoms with Crippen LogP contribution in [-0.4, -0.2) is 27.9 Å². The summed E-state index contributed by atoms with van der Waals surface area (Å²) in [7, 11) is 0. The van der Waals surface area contributed by atoms with E-state index in [0.29, 0.717) is 0 Å². The maximum Gasteiger partial charge on any atom is 0.324 e. The summed E-state index contributed by atoms with van der Waals surface area (Å²) in [5.74, 6) is -1.13. The fourth-order valence-corrected chi connectivity index (χ4v) is 1.24. The van der Waals surface area contributed by atoms with E-state index < -0.39 is 17.6 Å². The Hall–Kier alpha value is -0.810. The third-order valence-corrected chi connectivity index (χ3v) is 1.98. The largest absolute Gasteiger partial charge is 0.480 e. The Morgan fingerprint density at radius 3 is 2.92 bits per heavy atom. The van der Waals surface area contributed by atoms with Gasteiger partial charge in [0.1, 0.15) is 11.2 Å². The van der Waals surface area contributed by atoms with Crippen molar-refractivity contribution in [1.29, 1.82) is 0 Å². The molecule has 3 N–H and O–H groups in total. The van der Waals surface area contributed by atoms with E-state index >= 15 is 0 Å². The van der Waals surface area contributed by atoms with E-state index in [1.54, 1.807) is 6.92 Å². The first-order valence-corrected chi connectivity index (χ1v) is 3.72. The van der Waals surface area contributed by atoms with Crippen molar-refractivity contribution in [3.63, 3.8) is 0 Å². The molecule has 2 unspecified atom stereocenters. The summed E-state index contributed by atoms with van der Waals surface area (Å²) in [6.45, 7) is 1.56. The molecular formula is C6H9ClN2O3. The Kier molecular flexibility index (Phi) is 2.25. The molecule has 6 heteroatoms. The molecular weight excluding hydrogens is 184 g/mol. The van der Waals surface area contributed by atoms with E-state index in [9.17, 15) is 4.79 Å². The van der Waals surface area contributed by atoms with Gasteiger partial charge in [-0.15, -0.1) is 0 Å². The molecule has 0 aliphatic carbocycles. The van der Waals surface area contributed by atoms with Crippen LogP contribution in [0.5, 0.6) is 0 Å². The first-order valence-electron chi connectivity index (χ1n) is 3.34. The number of carboxylic acid groups (broad SMARTS) is 1. The fraction of sp³-hybridized carbons (Fsp3) is 0.667. The van der Waals surface area contributed by atoms with Gasteiger partial charge in [-0.1, -0.05) is 16.8 Å². The third kappa shape index (κ3) is 1.51. The molecule has 68 valence electrons. The Morgan fingerprint density at radius 1 is 2.00 bits per heavy atom. The van der Waals surface area contributed by atoms with Crippen LogP contribution in [0.4, 0.5) is 0 Å². The minimum Gasteiger partial charge on any atom is -0.480 e. The predicted octanol–water partition coefficient (Wildman–Crippen LogP) is 0.130. The van der Waals surface area contributed by atoms with E-state index in [0.717, 1.165) is 0 Å². The number of carboxylic acids is 1. The molecule has 1 aliphatic heterocycles. The lowest BCUT2D eigenvalue weighted by Crippen LogP contribution is -2.50. The topological polar surface area (TPSA) is 84.9 Å². The molecule has 0 aromatic heterocycles. The normalized spacial score (nSPS) is 30.8. The van der Waals surface area contributed by atoms with Crippen LogP contribution in [0.3, 0.4) is 0 Å². The lowest BCUT2D eigenvalue weighted by atomic mass is 9.94. The Labute approximate surface area is 74.1 Å². The van der Waals surface area contributed by atoms with Crippen molar-refractivity contribution in [2.24, 2.45) is 10.9 Å². The molecule has 5 nitrogen and oxygen atoms in total. The molecule has 0 aromatic rings. The van der Waals surface area contributed by atoms with Crippen molar-refractivity contribution in [1.82, 2.24) is 0 Å². The van der Waals surface area contributed by atoms with E-state index in [1.807, 2.05) is 0 Å². The molecule has 1 rings (SSSR count). The molecule has 1 heterocycles. The fourth-order valence-electron chi connectivity index (χ4n) is 0.936.